The Balaban J connectivity index is 2.06. The van der Waals surface area contributed by atoms with Crippen molar-refractivity contribution in [3.63, 3.8) is 0 Å². The average molecular weight is 357 g/mol. The van der Waals surface area contributed by atoms with E-state index in [0.717, 1.165) is 29.2 Å². The smallest absolute Gasteiger partial charge is 0.228 e. The Bertz CT molecular complexity index is 646. The highest BCUT2D eigenvalue weighted by Crippen LogP contribution is 2.28. The number of piperidine rings is 1. The Morgan fingerprint density at radius 1 is 1.35 bits per heavy atom. The first-order valence-electron chi connectivity index (χ1n) is 7.98. The molecule has 1 heterocycles. The summed E-state index contributed by atoms with van der Waals surface area (Å²) in [6.07, 6.45) is 1.45. The van der Waals surface area contributed by atoms with Gasteiger partial charge in [0.15, 0.2) is 0 Å². The Hall–Kier alpha value is -1.05. The number of para-hydroxylation sites is 1. The third-order valence-electron chi connectivity index (χ3n) is 3.96. The van der Waals surface area contributed by atoms with Crippen LogP contribution in [-0.4, -0.2) is 43.2 Å². The summed E-state index contributed by atoms with van der Waals surface area (Å²) in [6.45, 7) is 4.50. The Morgan fingerprint density at radius 3 is 2.78 bits per heavy atom. The highest BCUT2D eigenvalue weighted by molar-refractivity contribution is 7.99. The van der Waals surface area contributed by atoms with E-state index >= 15 is 0 Å². The van der Waals surface area contributed by atoms with Crippen molar-refractivity contribution < 1.29 is 13.2 Å². The SMILES string of the molecule is CCSc1ccccc1NC(=O)[C@H]1CCCN(S(=O)(=O)CC)C1. The van der Waals surface area contributed by atoms with Crippen LogP contribution in [0, 0.1) is 5.92 Å². The van der Waals surface area contributed by atoms with E-state index < -0.39 is 10.0 Å². The van der Waals surface area contributed by atoms with Crippen LogP contribution in [0.4, 0.5) is 5.69 Å². The van der Waals surface area contributed by atoms with E-state index in [1.807, 2.05) is 24.3 Å². The lowest BCUT2D eigenvalue weighted by molar-refractivity contribution is -0.120. The minimum Gasteiger partial charge on any atom is -0.325 e. The fraction of sp³-hybridized carbons (Fsp3) is 0.562. The summed E-state index contributed by atoms with van der Waals surface area (Å²) in [5, 5.41) is 2.97. The standard InChI is InChI=1S/C16H24N2O3S2/c1-3-22-15-10-6-5-9-14(15)17-16(19)13-8-7-11-18(12-13)23(20,21)4-2/h5-6,9-10,13H,3-4,7-8,11-12H2,1-2H3,(H,17,19)/t13-/m0/s1. The second-order valence-corrected chi connectivity index (χ2v) is 9.08. The molecule has 0 spiro atoms. The normalized spacial score (nSPS) is 19.5. The Kier molecular flexibility index (Phi) is 6.50. The highest BCUT2D eigenvalue weighted by atomic mass is 32.2. The van der Waals surface area contributed by atoms with Gasteiger partial charge in [0.25, 0.3) is 0 Å². The summed E-state index contributed by atoms with van der Waals surface area (Å²) >= 11 is 1.68. The van der Waals surface area contributed by atoms with Crippen LogP contribution in [0.5, 0.6) is 0 Å². The zero-order valence-electron chi connectivity index (χ0n) is 13.6. The van der Waals surface area contributed by atoms with E-state index in [1.165, 1.54) is 4.31 Å². The molecule has 1 N–H and O–H groups in total. The first-order chi connectivity index (χ1) is 11.0. The van der Waals surface area contributed by atoms with Crippen LogP contribution in [0.2, 0.25) is 0 Å². The van der Waals surface area contributed by atoms with Crippen LogP contribution < -0.4 is 5.32 Å². The molecule has 0 aliphatic carbocycles. The lowest BCUT2D eigenvalue weighted by Crippen LogP contribution is -2.44. The molecule has 5 nitrogen and oxygen atoms in total. The van der Waals surface area contributed by atoms with Crippen LogP contribution in [0.1, 0.15) is 26.7 Å². The zero-order valence-corrected chi connectivity index (χ0v) is 15.3. The molecule has 1 atom stereocenters. The molecular formula is C16H24N2O3S2. The van der Waals surface area contributed by atoms with Crippen molar-refractivity contribution in [2.75, 3.05) is 29.9 Å². The summed E-state index contributed by atoms with van der Waals surface area (Å²) in [5.74, 6) is 0.630. The minimum atomic E-state index is -3.23. The maximum atomic E-state index is 12.5. The Morgan fingerprint density at radius 2 is 2.09 bits per heavy atom. The van der Waals surface area contributed by atoms with Gasteiger partial charge in [0.2, 0.25) is 15.9 Å². The van der Waals surface area contributed by atoms with Gasteiger partial charge < -0.3 is 5.32 Å². The first-order valence-corrected chi connectivity index (χ1v) is 10.6. The number of carbonyl (C=O) groups excluding carboxylic acids is 1. The van der Waals surface area contributed by atoms with Gasteiger partial charge in [0.1, 0.15) is 0 Å². The predicted molar refractivity (Wildman–Crippen MR) is 95.2 cm³/mol. The number of hydrogen-bond donors (Lipinski definition) is 1. The molecule has 0 bridgehead atoms. The molecule has 2 rings (SSSR count). The van der Waals surface area contributed by atoms with Crippen molar-refractivity contribution in [1.29, 1.82) is 0 Å². The molecule has 0 unspecified atom stereocenters. The van der Waals surface area contributed by atoms with Gasteiger partial charge in [0, 0.05) is 18.0 Å². The summed E-state index contributed by atoms with van der Waals surface area (Å²) in [7, 11) is -3.23. The number of sulfonamides is 1. The van der Waals surface area contributed by atoms with Gasteiger partial charge in [-0.2, -0.15) is 0 Å². The van der Waals surface area contributed by atoms with Crippen molar-refractivity contribution >= 4 is 33.4 Å². The fourth-order valence-corrected chi connectivity index (χ4v) is 4.62. The topological polar surface area (TPSA) is 66.5 Å². The van der Waals surface area contributed by atoms with E-state index in [0.29, 0.717) is 6.54 Å². The molecule has 0 saturated carbocycles. The van der Waals surface area contributed by atoms with E-state index in [-0.39, 0.29) is 24.1 Å². The third-order valence-corrected chi connectivity index (χ3v) is 6.76. The summed E-state index contributed by atoms with van der Waals surface area (Å²) in [6, 6.07) is 7.71. The molecule has 1 aliphatic rings. The number of nitrogens with one attached hydrogen (secondary N) is 1. The molecule has 1 fully saturated rings. The second kappa shape index (κ2) is 8.17. The predicted octanol–water partition coefficient (Wildman–Crippen LogP) is 2.80. The highest BCUT2D eigenvalue weighted by Gasteiger charge is 2.31. The summed E-state index contributed by atoms with van der Waals surface area (Å²) in [5.41, 5.74) is 0.805. The van der Waals surface area contributed by atoms with Gasteiger partial charge in [-0.3, -0.25) is 4.79 Å². The quantitative estimate of drug-likeness (QED) is 0.796. The van der Waals surface area contributed by atoms with Crippen molar-refractivity contribution in [3.8, 4) is 0 Å². The van der Waals surface area contributed by atoms with Gasteiger partial charge in [-0.05, 0) is 37.7 Å². The first kappa shape index (κ1) is 18.3. The number of carbonyl (C=O) groups is 1. The van der Waals surface area contributed by atoms with Gasteiger partial charge >= 0.3 is 0 Å². The number of nitrogens with zero attached hydrogens (tertiary/aromatic N) is 1. The number of rotatable bonds is 6. The van der Waals surface area contributed by atoms with Crippen LogP contribution in [0.25, 0.3) is 0 Å². The molecule has 0 radical (unpaired) electrons. The second-order valence-electron chi connectivity index (χ2n) is 5.52. The van der Waals surface area contributed by atoms with Crippen LogP contribution in [0.3, 0.4) is 0 Å². The maximum absolute atomic E-state index is 12.5. The van der Waals surface area contributed by atoms with Crippen LogP contribution in [-0.2, 0) is 14.8 Å². The lowest BCUT2D eigenvalue weighted by Gasteiger charge is -2.31. The van der Waals surface area contributed by atoms with Gasteiger partial charge in [0.05, 0.1) is 17.4 Å². The van der Waals surface area contributed by atoms with E-state index in [9.17, 15) is 13.2 Å². The van der Waals surface area contributed by atoms with Crippen LogP contribution in [0.15, 0.2) is 29.2 Å². The van der Waals surface area contributed by atoms with Gasteiger partial charge in [-0.15, -0.1) is 11.8 Å². The number of thioether (sulfide) groups is 1. The molecule has 1 aromatic rings. The lowest BCUT2D eigenvalue weighted by atomic mass is 9.99. The molecule has 7 heteroatoms. The molecule has 1 aromatic carbocycles. The summed E-state index contributed by atoms with van der Waals surface area (Å²) < 4.78 is 25.5. The largest absolute Gasteiger partial charge is 0.325 e. The van der Waals surface area contributed by atoms with Crippen molar-refractivity contribution in [1.82, 2.24) is 4.31 Å². The summed E-state index contributed by atoms with van der Waals surface area (Å²) in [4.78, 5) is 13.6. The van der Waals surface area contributed by atoms with Gasteiger partial charge in [-0.25, -0.2) is 12.7 Å². The molecule has 128 valence electrons. The van der Waals surface area contributed by atoms with Crippen molar-refractivity contribution in [2.45, 2.75) is 31.6 Å². The third kappa shape index (κ3) is 4.71. The van der Waals surface area contributed by atoms with E-state index in [4.69, 9.17) is 0 Å². The molecule has 0 aromatic heterocycles. The number of benzene rings is 1. The molecular weight excluding hydrogens is 332 g/mol. The zero-order chi connectivity index (χ0) is 16.9. The number of hydrogen-bond acceptors (Lipinski definition) is 4. The number of anilines is 1. The Labute approximate surface area is 142 Å². The van der Waals surface area contributed by atoms with Crippen molar-refractivity contribution in [2.24, 2.45) is 5.92 Å². The van der Waals surface area contributed by atoms with Gasteiger partial charge in [-0.1, -0.05) is 19.1 Å². The van der Waals surface area contributed by atoms with Crippen molar-refractivity contribution in [3.05, 3.63) is 24.3 Å². The van der Waals surface area contributed by atoms with Crippen LogP contribution >= 0.6 is 11.8 Å². The maximum Gasteiger partial charge on any atom is 0.228 e. The molecule has 1 saturated heterocycles. The average Bonchev–Trinajstić information content (AvgIpc) is 2.57. The fourth-order valence-electron chi connectivity index (χ4n) is 2.68. The van der Waals surface area contributed by atoms with E-state index in [1.54, 1.807) is 18.7 Å². The molecule has 23 heavy (non-hydrogen) atoms. The molecule has 1 amide bonds. The minimum absolute atomic E-state index is 0.0807. The number of amides is 1. The monoisotopic (exact) mass is 356 g/mol. The van der Waals surface area contributed by atoms with E-state index in [2.05, 4.69) is 12.2 Å². The molecule has 1 aliphatic heterocycles.